The van der Waals surface area contributed by atoms with E-state index in [4.69, 9.17) is 0 Å². The van der Waals surface area contributed by atoms with Gasteiger partial charge in [-0.1, -0.05) is 25.1 Å². The number of para-hydroxylation sites is 1. The summed E-state index contributed by atoms with van der Waals surface area (Å²) in [5.41, 5.74) is 1.16. The Hall–Kier alpha value is -1.57. The molecule has 0 saturated heterocycles. The van der Waals surface area contributed by atoms with Crippen molar-refractivity contribution in [1.82, 2.24) is 4.68 Å². The summed E-state index contributed by atoms with van der Waals surface area (Å²) in [7, 11) is 0. The Labute approximate surface area is 77.5 Å². The standard InChI is InChI=1S/C11H12N2/c1-2-8-12-13-9-7-10-5-3-4-6-11(10)13/h3-9H,2H2,1H3. The van der Waals surface area contributed by atoms with Crippen molar-refractivity contribution < 1.29 is 0 Å². The molecular weight excluding hydrogens is 160 g/mol. The lowest BCUT2D eigenvalue weighted by Gasteiger charge is -1.95. The third-order valence-electron chi connectivity index (χ3n) is 1.97. The Morgan fingerprint density at radius 2 is 2.15 bits per heavy atom. The van der Waals surface area contributed by atoms with Gasteiger partial charge in [-0.25, -0.2) is 4.68 Å². The van der Waals surface area contributed by atoms with Gasteiger partial charge in [-0.3, -0.25) is 0 Å². The number of aromatic nitrogens is 1. The monoisotopic (exact) mass is 172 g/mol. The van der Waals surface area contributed by atoms with Crippen molar-refractivity contribution in [3.63, 3.8) is 0 Å². The molecule has 0 saturated carbocycles. The molecule has 1 aromatic carbocycles. The first kappa shape index (κ1) is 8.05. The van der Waals surface area contributed by atoms with Gasteiger partial charge in [-0.15, -0.1) is 0 Å². The predicted molar refractivity (Wildman–Crippen MR) is 56.1 cm³/mol. The van der Waals surface area contributed by atoms with Crippen LogP contribution in [0.4, 0.5) is 0 Å². The van der Waals surface area contributed by atoms with Crippen molar-refractivity contribution in [2.24, 2.45) is 5.10 Å². The Balaban J connectivity index is 2.52. The molecule has 2 heteroatoms. The second-order valence-corrected chi connectivity index (χ2v) is 2.93. The van der Waals surface area contributed by atoms with E-state index < -0.39 is 0 Å². The Bertz CT molecular complexity index is 426. The van der Waals surface area contributed by atoms with Crippen LogP contribution in [0.25, 0.3) is 10.9 Å². The highest BCUT2D eigenvalue weighted by Gasteiger charge is 1.95. The molecule has 0 amide bonds. The van der Waals surface area contributed by atoms with E-state index in [1.807, 2.05) is 29.2 Å². The lowest BCUT2D eigenvalue weighted by Crippen LogP contribution is -1.85. The first-order valence-corrected chi connectivity index (χ1v) is 4.50. The van der Waals surface area contributed by atoms with Crippen LogP contribution in [0.3, 0.4) is 0 Å². The summed E-state index contributed by atoms with van der Waals surface area (Å²) >= 11 is 0. The lowest BCUT2D eigenvalue weighted by molar-refractivity contribution is 0.926. The maximum Gasteiger partial charge on any atom is 0.0718 e. The summed E-state index contributed by atoms with van der Waals surface area (Å²) in [4.78, 5) is 0. The first-order valence-electron chi connectivity index (χ1n) is 4.50. The van der Waals surface area contributed by atoms with Crippen LogP contribution in [-0.4, -0.2) is 10.9 Å². The molecular formula is C11H12N2. The summed E-state index contributed by atoms with van der Waals surface area (Å²) in [6.45, 7) is 2.08. The van der Waals surface area contributed by atoms with E-state index in [0.717, 1.165) is 11.9 Å². The summed E-state index contributed by atoms with van der Waals surface area (Å²) in [6, 6.07) is 10.3. The van der Waals surface area contributed by atoms with E-state index >= 15 is 0 Å². The number of benzene rings is 1. The predicted octanol–water partition coefficient (Wildman–Crippen LogP) is 2.89. The topological polar surface area (TPSA) is 17.3 Å². The minimum absolute atomic E-state index is 0.965. The van der Waals surface area contributed by atoms with Crippen LogP contribution in [0.5, 0.6) is 0 Å². The quantitative estimate of drug-likeness (QED) is 0.620. The highest BCUT2D eigenvalue weighted by Crippen LogP contribution is 2.14. The third kappa shape index (κ3) is 1.47. The van der Waals surface area contributed by atoms with Gasteiger partial charge in [0.05, 0.1) is 5.52 Å². The van der Waals surface area contributed by atoms with Crippen molar-refractivity contribution in [2.45, 2.75) is 13.3 Å². The normalized spacial score (nSPS) is 11.5. The summed E-state index contributed by atoms with van der Waals surface area (Å²) in [5, 5.41) is 5.54. The van der Waals surface area contributed by atoms with E-state index in [2.05, 4.69) is 30.2 Å². The molecule has 2 rings (SSSR count). The van der Waals surface area contributed by atoms with Crippen molar-refractivity contribution in [1.29, 1.82) is 0 Å². The highest BCUT2D eigenvalue weighted by molar-refractivity contribution is 5.80. The second-order valence-electron chi connectivity index (χ2n) is 2.93. The van der Waals surface area contributed by atoms with Gasteiger partial charge in [0.15, 0.2) is 0 Å². The molecule has 0 radical (unpaired) electrons. The van der Waals surface area contributed by atoms with Crippen molar-refractivity contribution in [3.05, 3.63) is 36.5 Å². The highest BCUT2D eigenvalue weighted by atomic mass is 15.3. The Morgan fingerprint density at radius 3 is 3.00 bits per heavy atom. The van der Waals surface area contributed by atoms with Gasteiger partial charge in [0, 0.05) is 17.8 Å². The van der Waals surface area contributed by atoms with Gasteiger partial charge in [-0.05, 0) is 18.6 Å². The maximum atomic E-state index is 4.30. The van der Waals surface area contributed by atoms with Gasteiger partial charge in [0.2, 0.25) is 0 Å². The number of hydrogen-bond acceptors (Lipinski definition) is 1. The van der Waals surface area contributed by atoms with Crippen LogP contribution >= 0.6 is 0 Å². The van der Waals surface area contributed by atoms with E-state index in [1.165, 1.54) is 5.39 Å². The fourth-order valence-corrected chi connectivity index (χ4v) is 1.34. The molecule has 0 aliphatic carbocycles. The molecule has 1 aromatic heterocycles. The lowest BCUT2D eigenvalue weighted by atomic mass is 10.3. The van der Waals surface area contributed by atoms with E-state index in [0.29, 0.717) is 0 Å². The van der Waals surface area contributed by atoms with Crippen LogP contribution in [0.1, 0.15) is 13.3 Å². The van der Waals surface area contributed by atoms with Gasteiger partial charge in [0.25, 0.3) is 0 Å². The van der Waals surface area contributed by atoms with Crippen LogP contribution < -0.4 is 0 Å². The summed E-state index contributed by atoms with van der Waals surface area (Å²) in [6.07, 6.45) is 4.86. The summed E-state index contributed by atoms with van der Waals surface area (Å²) in [5.74, 6) is 0. The van der Waals surface area contributed by atoms with Crippen LogP contribution in [0.15, 0.2) is 41.6 Å². The Morgan fingerprint density at radius 1 is 1.31 bits per heavy atom. The molecule has 0 unspecified atom stereocenters. The largest absolute Gasteiger partial charge is 0.241 e. The third-order valence-corrected chi connectivity index (χ3v) is 1.97. The SMILES string of the molecule is CCC=Nn1ccc2ccccc21. The zero-order chi connectivity index (χ0) is 9.10. The molecule has 2 nitrogen and oxygen atoms in total. The first-order chi connectivity index (χ1) is 6.42. The smallest absolute Gasteiger partial charge is 0.0718 e. The van der Waals surface area contributed by atoms with E-state index in [9.17, 15) is 0 Å². The average molecular weight is 172 g/mol. The zero-order valence-electron chi connectivity index (χ0n) is 7.64. The van der Waals surface area contributed by atoms with Crippen LogP contribution in [-0.2, 0) is 0 Å². The molecule has 13 heavy (non-hydrogen) atoms. The molecule has 0 aliphatic rings. The van der Waals surface area contributed by atoms with Crippen molar-refractivity contribution in [3.8, 4) is 0 Å². The molecule has 0 fully saturated rings. The molecule has 2 aromatic rings. The van der Waals surface area contributed by atoms with Gasteiger partial charge in [0.1, 0.15) is 0 Å². The minimum Gasteiger partial charge on any atom is -0.241 e. The number of nitrogens with zero attached hydrogens (tertiary/aromatic N) is 2. The van der Waals surface area contributed by atoms with Crippen LogP contribution in [0, 0.1) is 0 Å². The van der Waals surface area contributed by atoms with Crippen molar-refractivity contribution in [2.75, 3.05) is 0 Å². The van der Waals surface area contributed by atoms with Gasteiger partial charge >= 0.3 is 0 Å². The molecule has 1 heterocycles. The van der Waals surface area contributed by atoms with Crippen LogP contribution in [0.2, 0.25) is 0 Å². The molecule has 0 atom stereocenters. The van der Waals surface area contributed by atoms with Gasteiger partial charge < -0.3 is 0 Å². The molecule has 0 bridgehead atoms. The molecule has 0 N–H and O–H groups in total. The number of hydrogen-bond donors (Lipinski definition) is 0. The molecule has 66 valence electrons. The molecule has 0 aliphatic heterocycles. The van der Waals surface area contributed by atoms with Gasteiger partial charge in [-0.2, -0.15) is 5.10 Å². The maximum absolute atomic E-state index is 4.30. The minimum atomic E-state index is 0.965. The fraction of sp³-hybridized carbons (Fsp3) is 0.182. The van der Waals surface area contributed by atoms with E-state index in [1.54, 1.807) is 0 Å². The fourth-order valence-electron chi connectivity index (χ4n) is 1.34. The number of rotatable bonds is 2. The summed E-state index contributed by atoms with van der Waals surface area (Å²) < 4.78 is 1.90. The number of fused-ring (bicyclic) bond motifs is 1. The Kier molecular flexibility index (Phi) is 2.13. The van der Waals surface area contributed by atoms with E-state index in [-0.39, 0.29) is 0 Å². The average Bonchev–Trinajstić information content (AvgIpc) is 2.58. The second kappa shape index (κ2) is 3.44. The zero-order valence-corrected chi connectivity index (χ0v) is 7.64. The molecule has 0 spiro atoms. The van der Waals surface area contributed by atoms with Crippen molar-refractivity contribution >= 4 is 17.1 Å².